The molecular weight excluding hydrogens is 236 g/mol. The molecule has 0 amide bonds. The van der Waals surface area contributed by atoms with Gasteiger partial charge in [0.2, 0.25) is 0 Å². The molecule has 2 rings (SSSR count). The molecule has 4 nitrogen and oxygen atoms in total. The number of aliphatic carboxylic acids is 1. The normalized spacial score (nSPS) is 23.9. The molecule has 1 heterocycles. The highest BCUT2D eigenvalue weighted by molar-refractivity contribution is 7.15. The van der Waals surface area contributed by atoms with Gasteiger partial charge in [-0.1, -0.05) is 6.42 Å². The number of thiazole rings is 1. The molecular formula is C12H18N2O2S. The van der Waals surface area contributed by atoms with Gasteiger partial charge in [-0.2, -0.15) is 0 Å². The minimum absolute atomic E-state index is 0.176. The maximum absolute atomic E-state index is 11.0. The molecule has 0 aliphatic heterocycles. The summed E-state index contributed by atoms with van der Waals surface area (Å²) in [6.07, 6.45) is 2.85. The van der Waals surface area contributed by atoms with Gasteiger partial charge < -0.3 is 10.4 Å². The summed E-state index contributed by atoms with van der Waals surface area (Å²) in [5, 5.41) is 13.3. The molecule has 1 aromatic heterocycles. The van der Waals surface area contributed by atoms with E-state index in [1.54, 1.807) is 11.3 Å². The molecule has 2 unspecified atom stereocenters. The number of nitrogens with zero attached hydrogens (tertiary/aromatic N) is 1. The van der Waals surface area contributed by atoms with E-state index in [-0.39, 0.29) is 11.8 Å². The van der Waals surface area contributed by atoms with Crippen molar-refractivity contribution in [1.29, 1.82) is 0 Å². The SMILES string of the molecule is Cc1nc(NCC2CCCC2C(=O)O)sc1C. The summed E-state index contributed by atoms with van der Waals surface area (Å²) in [5.41, 5.74) is 1.05. The topological polar surface area (TPSA) is 62.2 Å². The first kappa shape index (κ1) is 12.4. The molecule has 94 valence electrons. The van der Waals surface area contributed by atoms with Crippen molar-refractivity contribution < 1.29 is 9.90 Å². The molecule has 2 atom stereocenters. The van der Waals surface area contributed by atoms with Crippen LogP contribution in [0, 0.1) is 25.7 Å². The van der Waals surface area contributed by atoms with Gasteiger partial charge in [0.15, 0.2) is 5.13 Å². The Kier molecular flexibility index (Phi) is 3.66. The van der Waals surface area contributed by atoms with Crippen molar-refractivity contribution in [2.75, 3.05) is 11.9 Å². The van der Waals surface area contributed by atoms with E-state index < -0.39 is 5.97 Å². The zero-order valence-electron chi connectivity index (χ0n) is 10.2. The fourth-order valence-electron chi connectivity index (χ4n) is 2.37. The lowest BCUT2D eigenvalue weighted by Crippen LogP contribution is -2.24. The highest BCUT2D eigenvalue weighted by atomic mass is 32.1. The van der Waals surface area contributed by atoms with E-state index in [0.29, 0.717) is 0 Å². The van der Waals surface area contributed by atoms with Gasteiger partial charge in [-0.25, -0.2) is 4.98 Å². The molecule has 0 bridgehead atoms. The summed E-state index contributed by atoms with van der Waals surface area (Å²) in [5.74, 6) is -0.581. The number of carboxylic acids is 1. The van der Waals surface area contributed by atoms with Crippen LogP contribution in [0.2, 0.25) is 0 Å². The van der Waals surface area contributed by atoms with Crippen LogP contribution in [0.5, 0.6) is 0 Å². The van der Waals surface area contributed by atoms with Crippen LogP contribution in [0.3, 0.4) is 0 Å². The van der Waals surface area contributed by atoms with Gasteiger partial charge in [0, 0.05) is 11.4 Å². The minimum atomic E-state index is -0.652. The van der Waals surface area contributed by atoms with Gasteiger partial charge in [0.1, 0.15) is 0 Å². The van der Waals surface area contributed by atoms with Crippen molar-refractivity contribution in [2.45, 2.75) is 33.1 Å². The number of aryl methyl sites for hydroxylation is 2. The Bertz CT molecular complexity index is 397. The van der Waals surface area contributed by atoms with Crippen LogP contribution in [0.1, 0.15) is 29.8 Å². The van der Waals surface area contributed by atoms with Crippen molar-refractivity contribution in [3.63, 3.8) is 0 Å². The van der Waals surface area contributed by atoms with Gasteiger partial charge in [-0.05, 0) is 32.6 Å². The number of rotatable bonds is 4. The lowest BCUT2D eigenvalue weighted by atomic mass is 9.96. The van der Waals surface area contributed by atoms with Crippen LogP contribution >= 0.6 is 11.3 Å². The highest BCUT2D eigenvalue weighted by Crippen LogP contribution is 2.32. The fraction of sp³-hybridized carbons (Fsp3) is 0.667. The van der Waals surface area contributed by atoms with Gasteiger partial charge in [-0.15, -0.1) is 11.3 Å². The van der Waals surface area contributed by atoms with Gasteiger partial charge in [-0.3, -0.25) is 4.79 Å². The average molecular weight is 254 g/mol. The standard InChI is InChI=1S/C12H18N2O2S/c1-7-8(2)17-12(14-7)13-6-9-4-3-5-10(9)11(15)16/h9-10H,3-6H2,1-2H3,(H,13,14)(H,15,16). The monoisotopic (exact) mass is 254 g/mol. The van der Waals surface area contributed by atoms with Crippen molar-refractivity contribution >= 4 is 22.4 Å². The summed E-state index contributed by atoms with van der Waals surface area (Å²) >= 11 is 1.64. The van der Waals surface area contributed by atoms with Crippen LogP contribution in [0.15, 0.2) is 0 Å². The Morgan fingerprint density at radius 1 is 1.53 bits per heavy atom. The maximum Gasteiger partial charge on any atom is 0.306 e. The summed E-state index contributed by atoms with van der Waals surface area (Å²) in [6.45, 7) is 4.77. The van der Waals surface area contributed by atoms with E-state index in [9.17, 15) is 4.79 Å². The number of anilines is 1. The zero-order chi connectivity index (χ0) is 12.4. The quantitative estimate of drug-likeness (QED) is 0.867. The van der Waals surface area contributed by atoms with Crippen LogP contribution < -0.4 is 5.32 Å². The minimum Gasteiger partial charge on any atom is -0.481 e. The Labute approximate surface area is 105 Å². The summed E-state index contributed by atoms with van der Waals surface area (Å²) in [4.78, 5) is 16.7. The second-order valence-electron chi connectivity index (χ2n) is 4.68. The molecule has 1 aliphatic carbocycles. The van der Waals surface area contributed by atoms with E-state index in [1.165, 1.54) is 4.88 Å². The molecule has 1 aromatic rings. The maximum atomic E-state index is 11.0. The lowest BCUT2D eigenvalue weighted by molar-refractivity contribution is -0.142. The molecule has 1 saturated carbocycles. The molecule has 5 heteroatoms. The van der Waals surface area contributed by atoms with Crippen LogP contribution in [0.25, 0.3) is 0 Å². The number of hydrogen-bond donors (Lipinski definition) is 2. The lowest BCUT2D eigenvalue weighted by Gasteiger charge is -2.15. The third kappa shape index (κ3) is 2.77. The molecule has 2 N–H and O–H groups in total. The second-order valence-corrected chi connectivity index (χ2v) is 5.88. The second kappa shape index (κ2) is 5.04. The summed E-state index contributed by atoms with van der Waals surface area (Å²) in [7, 11) is 0. The zero-order valence-corrected chi connectivity index (χ0v) is 11.0. The first-order chi connectivity index (χ1) is 8.08. The predicted molar refractivity (Wildman–Crippen MR) is 68.5 cm³/mol. The molecule has 0 aromatic carbocycles. The molecule has 1 aliphatic rings. The van der Waals surface area contributed by atoms with Crippen molar-refractivity contribution in [1.82, 2.24) is 4.98 Å². The Hall–Kier alpha value is -1.10. The van der Waals surface area contributed by atoms with Crippen molar-refractivity contribution in [3.05, 3.63) is 10.6 Å². The Morgan fingerprint density at radius 3 is 2.88 bits per heavy atom. The number of carbonyl (C=O) groups is 1. The Morgan fingerprint density at radius 2 is 2.29 bits per heavy atom. The number of aromatic nitrogens is 1. The van der Waals surface area contributed by atoms with Crippen molar-refractivity contribution in [3.8, 4) is 0 Å². The van der Waals surface area contributed by atoms with E-state index in [0.717, 1.165) is 36.6 Å². The van der Waals surface area contributed by atoms with Crippen LogP contribution in [0.4, 0.5) is 5.13 Å². The number of nitrogens with one attached hydrogen (secondary N) is 1. The smallest absolute Gasteiger partial charge is 0.306 e. The first-order valence-electron chi connectivity index (χ1n) is 5.98. The molecule has 1 fully saturated rings. The van der Waals surface area contributed by atoms with Gasteiger partial charge in [0.25, 0.3) is 0 Å². The third-order valence-corrected chi connectivity index (χ3v) is 4.55. The number of carboxylic acid groups (broad SMARTS) is 1. The molecule has 0 spiro atoms. The van der Waals surface area contributed by atoms with Crippen LogP contribution in [-0.4, -0.2) is 22.6 Å². The third-order valence-electron chi connectivity index (χ3n) is 3.52. The van der Waals surface area contributed by atoms with Crippen LogP contribution in [-0.2, 0) is 4.79 Å². The number of hydrogen-bond acceptors (Lipinski definition) is 4. The molecule has 0 saturated heterocycles. The van der Waals surface area contributed by atoms with E-state index >= 15 is 0 Å². The molecule has 0 radical (unpaired) electrons. The average Bonchev–Trinajstić information content (AvgIpc) is 2.83. The Balaban J connectivity index is 1.91. The van der Waals surface area contributed by atoms with Gasteiger partial charge >= 0.3 is 5.97 Å². The van der Waals surface area contributed by atoms with E-state index in [2.05, 4.69) is 10.3 Å². The first-order valence-corrected chi connectivity index (χ1v) is 6.80. The van der Waals surface area contributed by atoms with Crippen molar-refractivity contribution in [2.24, 2.45) is 11.8 Å². The van der Waals surface area contributed by atoms with E-state index in [1.807, 2.05) is 13.8 Å². The van der Waals surface area contributed by atoms with E-state index in [4.69, 9.17) is 5.11 Å². The molecule has 17 heavy (non-hydrogen) atoms. The van der Waals surface area contributed by atoms with Gasteiger partial charge in [0.05, 0.1) is 11.6 Å². The predicted octanol–water partition coefficient (Wildman–Crippen LogP) is 2.67. The largest absolute Gasteiger partial charge is 0.481 e. The fourth-order valence-corrected chi connectivity index (χ4v) is 3.19. The summed E-state index contributed by atoms with van der Waals surface area (Å²) < 4.78 is 0. The highest BCUT2D eigenvalue weighted by Gasteiger charge is 2.32. The summed E-state index contributed by atoms with van der Waals surface area (Å²) in [6, 6.07) is 0.